The minimum Gasteiger partial charge on any atom is -0.316 e. The summed E-state index contributed by atoms with van der Waals surface area (Å²) in [7, 11) is 0. The van der Waals surface area contributed by atoms with Gasteiger partial charge in [-0.2, -0.15) is 0 Å². The molecule has 70 valence electrons. The highest BCUT2D eigenvalue weighted by molar-refractivity contribution is 5.19. The minimum atomic E-state index is -0.236. The second kappa shape index (κ2) is 3.83. The first-order valence-electron chi connectivity index (χ1n) is 4.58. The number of alkyl halides is 1. The average Bonchev–Trinajstić information content (AvgIpc) is 2.67. The summed E-state index contributed by atoms with van der Waals surface area (Å²) < 4.78 is 12.6. The fourth-order valence-corrected chi connectivity index (χ4v) is 1.90. The summed E-state index contributed by atoms with van der Waals surface area (Å²) in [5.74, 6) is 0.468. The van der Waals surface area contributed by atoms with E-state index < -0.39 is 0 Å². The molecule has 2 atom stereocenters. The van der Waals surface area contributed by atoms with Gasteiger partial charge in [-0.1, -0.05) is 0 Å². The van der Waals surface area contributed by atoms with Crippen molar-refractivity contribution in [3.8, 4) is 0 Å². The van der Waals surface area contributed by atoms with Gasteiger partial charge in [0.05, 0.1) is 6.67 Å². The van der Waals surface area contributed by atoms with Crippen LogP contribution in [-0.4, -0.2) is 24.7 Å². The molecule has 0 spiro atoms. The predicted octanol–water partition coefficient (Wildman–Crippen LogP) is 1.35. The molecule has 0 aromatic carbocycles. The molecule has 13 heavy (non-hydrogen) atoms. The van der Waals surface area contributed by atoms with E-state index in [0.717, 1.165) is 13.1 Å². The molecular formula is C10H13FN2. The van der Waals surface area contributed by atoms with E-state index in [1.54, 1.807) is 12.4 Å². The number of hydrogen-bond donors (Lipinski definition) is 1. The second-order valence-corrected chi connectivity index (χ2v) is 3.46. The zero-order chi connectivity index (χ0) is 9.10. The Labute approximate surface area is 77.2 Å². The molecule has 0 amide bonds. The molecule has 3 heteroatoms. The van der Waals surface area contributed by atoms with Crippen molar-refractivity contribution >= 4 is 0 Å². The van der Waals surface area contributed by atoms with Crippen molar-refractivity contribution in [3.05, 3.63) is 30.1 Å². The summed E-state index contributed by atoms with van der Waals surface area (Å²) in [6.45, 7) is 1.45. The van der Waals surface area contributed by atoms with Gasteiger partial charge in [0.15, 0.2) is 0 Å². The molecular weight excluding hydrogens is 167 g/mol. The molecule has 2 nitrogen and oxygen atoms in total. The molecule has 0 aliphatic carbocycles. The number of halogens is 1. The van der Waals surface area contributed by atoms with Gasteiger partial charge >= 0.3 is 0 Å². The Morgan fingerprint density at radius 3 is 2.85 bits per heavy atom. The lowest BCUT2D eigenvalue weighted by atomic mass is 9.91. The van der Waals surface area contributed by atoms with Gasteiger partial charge in [0.25, 0.3) is 0 Å². The maximum absolute atomic E-state index is 12.6. The number of rotatable bonds is 2. The Balaban J connectivity index is 2.16. The van der Waals surface area contributed by atoms with Crippen LogP contribution in [0.25, 0.3) is 0 Å². The molecule has 1 saturated heterocycles. The van der Waals surface area contributed by atoms with E-state index in [2.05, 4.69) is 10.3 Å². The molecule has 0 bridgehead atoms. The van der Waals surface area contributed by atoms with Crippen molar-refractivity contribution in [2.75, 3.05) is 19.8 Å². The quantitative estimate of drug-likeness (QED) is 0.743. The number of aromatic nitrogens is 1. The van der Waals surface area contributed by atoms with Crippen molar-refractivity contribution in [2.24, 2.45) is 5.92 Å². The van der Waals surface area contributed by atoms with Crippen LogP contribution in [0.3, 0.4) is 0 Å². The second-order valence-electron chi connectivity index (χ2n) is 3.46. The maximum Gasteiger partial charge on any atom is 0.0941 e. The number of hydrogen-bond acceptors (Lipinski definition) is 2. The van der Waals surface area contributed by atoms with Gasteiger partial charge in [0.1, 0.15) is 0 Å². The normalized spacial score (nSPS) is 27.8. The van der Waals surface area contributed by atoms with Gasteiger partial charge in [-0.25, -0.2) is 0 Å². The molecule has 0 unspecified atom stereocenters. The van der Waals surface area contributed by atoms with E-state index in [0.29, 0.717) is 5.92 Å². The number of pyridine rings is 1. The van der Waals surface area contributed by atoms with Crippen molar-refractivity contribution in [1.82, 2.24) is 10.3 Å². The van der Waals surface area contributed by atoms with Gasteiger partial charge < -0.3 is 5.32 Å². The van der Waals surface area contributed by atoms with E-state index in [1.165, 1.54) is 5.56 Å². The molecule has 1 aromatic heterocycles. The summed E-state index contributed by atoms with van der Waals surface area (Å²) >= 11 is 0. The lowest BCUT2D eigenvalue weighted by Gasteiger charge is -2.14. The Morgan fingerprint density at radius 2 is 2.15 bits per heavy atom. The van der Waals surface area contributed by atoms with Crippen molar-refractivity contribution < 1.29 is 4.39 Å². The van der Waals surface area contributed by atoms with Crippen LogP contribution in [0.4, 0.5) is 4.39 Å². The van der Waals surface area contributed by atoms with Gasteiger partial charge in [-0.15, -0.1) is 0 Å². The fourth-order valence-electron chi connectivity index (χ4n) is 1.90. The first-order valence-corrected chi connectivity index (χ1v) is 4.58. The van der Waals surface area contributed by atoms with Crippen LogP contribution >= 0.6 is 0 Å². The van der Waals surface area contributed by atoms with Crippen LogP contribution in [0.2, 0.25) is 0 Å². The highest BCUT2D eigenvalue weighted by Gasteiger charge is 2.27. The smallest absolute Gasteiger partial charge is 0.0941 e. The van der Waals surface area contributed by atoms with E-state index in [-0.39, 0.29) is 12.6 Å². The molecule has 2 rings (SSSR count). The SMILES string of the molecule is FC[C@@H]1CNC[C@@H]1c1ccncc1. The van der Waals surface area contributed by atoms with Crippen molar-refractivity contribution in [3.63, 3.8) is 0 Å². The Kier molecular flexibility index (Phi) is 2.54. The average molecular weight is 180 g/mol. The lowest BCUT2D eigenvalue weighted by Crippen LogP contribution is -2.12. The zero-order valence-electron chi connectivity index (χ0n) is 7.41. The Hall–Kier alpha value is -0.960. The van der Waals surface area contributed by atoms with Crippen LogP contribution in [-0.2, 0) is 0 Å². The Morgan fingerprint density at radius 1 is 1.38 bits per heavy atom. The summed E-state index contributed by atoms with van der Waals surface area (Å²) in [4.78, 5) is 3.95. The first-order chi connectivity index (χ1) is 6.42. The van der Waals surface area contributed by atoms with Crippen LogP contribution in [0.5, 0.6) is 0 Å². The molecule has 0 saturated carbocycles. The monoisotopic (exact) mass is 180 g/mol. The molecule has 0 radical (unpaired) electrons. The van der Waals surface area contributed by atoms with Gasteiger partial charge in [-0.05, 0) is 17.7 Å². The van der Waals surface area contributed by atoms with Crippen LogP contribution in [0.1, 0.15) is 11.5 Å². The molecule has 1 aliphatic rings. The summed E-state index contributed by atoms with van der Waals surface area (Å²) in [5, 5.41) is 3.21. The van der Waals surface area contributed by atoms with E-state index >= 15 is 0 Å². The standard InChI is InChI=1S/C10H13FN2/c11-5-9-6-13-7-10(9)8-1-3-12-4-2-8/h1-4,9-10,13H,5-7H2/t9-,10-/m1/s1. The van der Waals surface area contributed by atoms with Gasteiger partial charge in [0.2, 0.25) is 0 Å². The maximum atomic E-state index is 12.6. The molecule has 1 N–H and O–H groups in total. The number of nitrogens with zero attached hydrogens (tertiary/aromatic N) is 1. The third-order valence-corrected chi connectivity index (χ3v) is 2.67. The summed E-state index contributed by atoms with van der Waals surface area (Å²) in [6, 6.07) is 3.95. The Bertz CT molecular complexity index is 263. The first kappa shape index (κ1) is 8.63. The lowest BCUT2D eigenvalue weighted by molar-refractivity contribution is 0.358. The number of nitrogens with one attached hydrogen (secondary N) is 1. The topological polar surface area (TPSA) is 24.9 Å². The largest absolute Gasteiger partial charge is 0.316 e. The molecule has 1 aromatic rings. The minimum absolute atomic E-state index is 0.141. The summed E-state index contributed by atoms with van der Waals surface area (Å²) in [5.41, 5.74) is 1.20. The molecule has 2 heterocycles. The van der Waals surface area contributed by atoms with E-state index in [9.17, 15) is 4.39 Å². The van der Waals surface area contributed by atoms with Crippen LogP contribution < -0.4 is 5.32 Å². The van der Waals surface area contributed by atoms with Crippen molar-refractivity contribution in [1.29, 1.82) is 0 Å². The van der Waals surface area contributed by atoms with Crippen LogP contribution in [0.15, 0.2) is 24.5 Å². The van der Waals surface area contributed by atoms with E-state index in [4.69, 9.17) is 0 Å². The zero-order valence-corrected chi connectivity index (χ0v) is 7.41. The third kappa shape index (κ3) is 1.70. The molecule has 1 fully saturated rings. The molecule has 1 aliphatic heterocycles. The van der Waals surface area contributed by atoms with E-state index in [1.807, 2.05) is 12.1 Å². The highest BCUT2D eigenvalue weighted by Crippen LogP contribution is 2.27. The highest BCUT2D eigenvalue weighted by atomic mass is 19.1. The van der Waals surface area contributed by atoms with Gasteiger partial charge in [0, 0.05) is 37.3 Å². The fraction of sp³-hybridized carbons (Fsp3) is 0.500. The van der Waals surface area contributed by atoms with Crippen LogP contribution in [0, 0.1) is 5.92 Å². The summed E-state index contributed by atoms with van der Waals surface area (Å²) in [6.07, 6.45) is 3.53. The predicted molar refractivity (Wildman–Crippen MR) is 49.3 cm³/mol. The van der Waals surface area contributed by atoms with Crippen molar-refractivity contribution in [2.45, 2.75) is 5.92 Å². The third-order valence-electron chi connectivity index (χ3n) is 2.67. The van der Waals surface area contributed by atoms with Gasteiger partial charge in [-0.3, -0.25) is 9.37 Å².